The van der Waals surface area contributed by atoms with Crippen molar-refractivity contribution in [3.63, 3.8) is 0 Å². The summed E-state index contributed by atoms with van der Waals surface area (Å²) < 4.78 is 4.10. The molecular formula is C15H13BrN6O2. The van der Waals surface area contributed by atoms with Gasteiger partial charge < -0.3 is 11.1 Å². The highest BCUT2D eigenvalue weighted by atomic mass is 79.9. The highest BCUT2D eigenvalue weighted by molar-refractivity contribution is 9.10. The van der Waals surface area contributed by atoms with Crippen LogP contribution >= 0.6 is 15.9 Å². The number of nitrogens with zero attached hydrogens (tertiary/aromatic N) is 4. The van der Waals surface area contributed by atoms with Gasteiger partial charge in [0.2, 0.25) is 0 Å². The molecule has 0 aliphatic heterocycles. The molecule has 0 bridgehead atoms. The van der Waals surface area contributed by atoms with E-state index in [9.17, 15) is 9.59 Å². The first-order valence-electron chi connectivity index (χ1n) is 6.94. The second-order valence-electron chi connectivity index (χ2n) is 4.94. The minimum atomic E-state index is -0.610. The summed E-state index contributed by atoms with van der Waals surface area (Å²) in [5.41, 5.74) is 6.11. The summed E-state index contributed by atoms with van der Waals surface area (Å²) in [4.78, 5) is 23.7. The summed E-state index contributed by atoms with van der Waals surface area (Å²) in [7, 11) is 0. The third-order valence-electron chi connectivity index (χ3n) is 3.21. The van der Waals surface area contributed by atoms with E-state index in [1.807, 2.05) is 0 Å². The van der Waals surface area contributed by atoms with Crippen LogP contribution in [0.4, 0.5) is 5.69 Å². The van der Waals surface area contributed by atoms with Crippen LogP contribution in [0.1, 0.15) is 20.8 Å². The van der Waals surface area contributed by atoms with Crippen molar-refractivity contribution in [2.24, 2.45) is 5.73 Å². The Labute approximate surface area is 145 Å². The molecule has 0 saturated carbocycles. The lowest BCUT2D eigenvalue weighted by molar-refractivity contribution is 0.100. The van der Waals surface area contributed by atoms with Gasteiger partial charge in [-0.15, -0.1) is 0 Å². The number of hydrogen-bond acceptors (Lipinski definition) is 4. The molecule has 3 N–H and O–H groups in total. The number of amides is 2. The number of primary amides is 1. The number of para-hydroxylation sites is 1. The second-order valence-corrected chi connectivity index (χ2v) is 5.86. The number of hydrogen-bond donors (Lipinski definition) is 2. The maximum atomic E-state index is 12.3. The largest absolute Gasteiger partial charge is 0.366 e. The van der Waals surface area contributed by atoms with Gasteiger partial charge in [-0.25, -0.2) is 4.68 Å². The fraction of sp³-hybridized carbons (Fsp3) is 0.0667. The molecule has 9 heteroatoms. The Bertz CT molecular complexity index is 901. The number of halogens is 1. The van der Waals surface area contributed by atoms with Crippen LogP contribution in [0, 0.1) is 0 Å². The third-order valence-corrected chi connectivity index (χ3v) is 3.62. The van der Waals surface area contributed by atoms with E-state index in [4.69, 9.17) is 5.73 Å². The number of carbonyl (C=O) groups excluding carboxylic acids is 2. The van der Waals surface area contributed by atoms with Crippen molar-refractivity contribution >= 4 is 33.4 Å². The molecule has 3 aromatic rings. The molecular weight excluding hydrogens is 376 g/mol. The number of aromatic nitrogens is 4. The molecule has 2 amide bonds. The lowest BCUT2D eigenvalue weighted by Gasteiger charge is -2.07. The first-order valence-corrected chi connectivity index (χ1v) is 7.74. The monoisotopic (exact) mass is 388 g/mol. The lowest BCUT2D eigenvalue weighted by Crippen LogP contribution is -2.19. The van der Waals surface area contributed by atoms with E-state index in [2.05, 4.69) is 31.4 Å². The Morgan fingerprint density at radius 2 is 2.00 bits per heavy atom. The van der Waals surface area contributed by atoms with Crippen molar-refractivity contribution in [1.82, 2.24) is 19.6 Å². The fourth-order valence-corrected chi connectivity index (χ4v) is 2.45. The molecule has 24 heavy (non-hydrogen) atoms. The lowest BCUT2D eigenvalue weighted by atomic mass is 10.1. The Morgan fingerprint density at radius 3 is 2.71 bits per heavy atom. The Balaban J connectivity index is 1.73. The van der Waals surface area contributed by atoms with Crippen molar-refractivity contribution in [3.8, 4) is 0 Å². The van der Waals surface area contributed by atoms with Gasteiger partial charge in [0, 0.05) is 12.4 Å². The number of benzene rings is 1. The van der Waals surface area contributed by atoms with Gasteiger partial charge in [0.05, 0.1) is 21.9 Å². The van der Waals surface area contributed by atoms with Gasteiger partial charge in [0.25, 0.3) is 11.8 Å². The van der Waals surface area contributed by atoms with E-state index in [1.54, 1.807) is 58.3 Å². The molecule has 0 atom stereocenters. The molecule has 3 rings (SSSR count). The molecule has 0 spiro atoms. The Hall–Kier alpha value is -2.94. The molecule has 0 radical (unpaired) electrons. The zero-order chi connectivity index (χ0) is 17.1. The topological polar surface area (TPSA) is 108 Å². The minimum absolute atomic E-state index is 0.223. The highest BCUT2D eigenvalue weighted by Crippen LogP contribution is 2.15. The van der Waals surface area contributed by atoms with Gasteiger partial charge in [-0.3, -0.25) is 14.3 Å². The molecule has 0 fully saturated rings. The Morgan fingerprint density at radius 1 is 1.21 bits per heavy atom. The minimum Gasteiger partial charge on any atom is -0.366 e. The van der Waals surface area contributed by atoms with Crippen molar-refractivity contribution in [3.05, 3.63) is 64.7 Å². The van der Waals surface area contributed by atoms with Crippen LogP contribution in [0.25, 0.3) is 0 Å². The van der Waals surface area contributed by atoms with Gasteiger partial charge in [-0.05, 0) is 34.1 Å². The molecule has 2 aromatic heterocycles. The van der Waals surface area contributed by atoms with Crippen molar-refractivity contribution < 1.29 is 9.59 Å². The molecule has 8 nitrogen and oxygen atoms in total. The normalized spacial score (nSPS) is 10.5. The standard InChI is InChI=1S/C15H13BrN6O2/c16-10-7-18-22(8-10)9-21-6-5-13(20-21)15(24)19-12-4-2-1-3-11(12)14(17)23/h1-8H,9H2,(H2,17,23)(H,19,24). The molecule has 1 aromatic carbocycles. The average molecular weight is 389 g/mol. The van der Waals surface area contributed by atoms with E-state index < -0.39 is 11.8 Å². The molecule has 0 aliphatic rings. The average Bonchev–Trinajstić information content (AvgIpc) is 3.17. The summed E-state index contributed by atoms with van der Waals surface area (Å²) >= 11 is 3.31. The number of anilines is 1. The van der Waals surface area contributed by atoms with Crippen LogP contribution in [-0.4, -0.2) is 31.4 Å². The van der Waals surface area contributed by atoms with Crippen LogP contribution in [0.2, 0.25) is 0 Å². The maximum Gasteiger partial charge on any atom is 0.276 e. The fourth-order valence-electron chi connectivity index (χ4n) is 2.12. The predicted octanol–water partition coefficient (Wildman–Crippen LogP) is 1.70. The van der Waals surface area contributed by atoms with Gasteiger partial charge in [0.1, 0.15) is 6.67 Å². The van der Waals surface area contributed by atoms with Gasteiger partial charge in [-0.2, -0.15) is 10.2 Å². The van der Waals surface area contributed by atoms with Crippen molar-refractivity contribution in [2.45, 2.75) is 6.67 Å². The molecule has 122 valence electrons. The van der Waals surface area contributed by atoms with E-state index >= 15 is 0 Å². The van der Waals surface area contributed by atoms with Gasteiger partial charge in [-0.1, -0.05) is 12.1 Å². The first-order chi connectivity index (χ1) is 11.5. The number of nitrogens with one attached hydrogen (secondary N) is 1. The molecule has 0 unspecified atom stereocenters. The van der Waals surface area contributed by atoms with E-state index in [-0.39, 0.29) is 11.3 Å². The summed E-state index contributed by atoms with van der Waals surface area (Å²) in [5.74, 6) is -1.04. The summed E-state index contributed by atoms with van der Waals surface area (Å²) in [6, 6.07) is 8.12. The van der Waals surface area contributed by atoms with Crippen LogP contribution in [0.15, 0.2) is 53.4 Å². The third kappa shape index (κ3) is 3.51. The van der Waals surface area contributed by atoms with E-state index in [0.717, 1.165) is 4.47 Å². The summed E-state index contributed by atoms with van der Waals surface area (Å²) in [6.07, 6.45) is 5.13. The smallest absolute Gasteiger partial charge is 0.276 e. The maximum absolute atomic E-state index is 12.3. The molecule has 0 saturated heterocycles. The summed E-state index contributed by atoms with van der Waals surface area (Å²) in [5, 5.41) is 11.0. The zero-order valence-corrected chi connectivity index (χ0v) is 14.0. The first kappa shape index (κ1) is 15.9. The van der Waals surface area contributed by atoms with Crippen LogP contribution in [0.3, 0.4) is 0 Å². The highest BCUT2D eigenvalue weighted by Gasteiger charge is 2.14. The Kier molecular flexibility index (Phi) is 4.43. The number of rotatable bonds is 5. The summed E-state index contributed by atoms with van der Waals surface area (Å²) in [6.45, 7) is 0.372. The van der Waals surface area contributed by atoms with Gasteiger partial charge in [0.15, 0.2) is 5.69 Å². The van der Waals surface area contributed by atoms with Crippen LogP contribution in [0.5, 0.6) is 0 Å². The SMILES string of the molecule is NC(=O)c1ccccc1NC(=O)c1ccn(Cn2cc(Br)cn2)n1. The van der Waals surface area contributed by atoms with Crippen molar-refractivity contribution in [2.75, 3.05) is 5.32 Å². The van der Waals surface area contributed by atoms with Crippen LogP contribution in [-0.2, 0) is 6.67 Å². The van der Waals surface area contributed by atoms with E-state index in [0.29, 0.717) is 12.4 Å². The number of nitrogens with two attached hydrogens (primary N) is 1. The van der Waals surface area contributed by atoms with Crippen LogP contribution < -0.4 is 11.1 Å². The molecule has 0 aliphatic carbocycles. The van der Waals surface area contributed by atoms with E-state index in [1.165, 1.54) is 0 Å². The predicted molar refractivity (Wildman–Crippen MR) is 90.5 cm³/mol. The molecule has 2 heterocycles. The second kappa shape index (κ2) is 6.67. The van der Waals surface area contributed by atoms with Gasteiger partial charge >= 0.3 is 0 Å². The van der Waals surface area contributed by atoms with Crippen molar-refractivity contribution in [1.29, 1.82) is 0 Å². The number of carbonyl (C=O) groups is 2. The quantitative estimate of drug-likeness (QED) is 0.693. The zero-order valence-electron chi connectivity index (χ0n) is 12.4.